The van der Waals surface area contributed by atoms with Gasteiger partial charge in [-0.2, -0.15) is 0 Å². The summed E-state index contributed by atoms with van der Waals surface area (Å²) in [6, 6.07) is 4.96. The number of hydrogen-bond acceptors (Lipinski definition) is 4. The van der Waals surface area contributed by atoms with Gasteiger partial charge in [-0.15, -0.1) is 0 Å². The lowest BCUT2D eigenvalue weighted by Gasteiger charge is -2.15. The third kappa shape index (κ3) is 3.90. The molecule has 1 fully saturated rings. The minimum atomic E-state index is -0.297. The van der Waals surface area contributed by atoms with Gasteiger partial charge in [0, 0.05) is 18.7 Å². The molecule has 0 bridgehead atoms. The second-order valence-electron chi connectivity index (χ2n) is 5.07. The first kappa shape index (κ1) is 16.1. The first-order chi connectivity index (χ1) is 10.7. The standard InChI is InChI=1S/C16H22N2O4/c1-3-22-13-7-6-12(10-14(13)21-2)16(20)17-11-15(19)18-8-4-5-9-18/h6-7,10H,3-5,8-9,11H2,1-2H3,(H,17,20). The Morgan fingerprint density at radius 1 is 1.23 bits per heavy atom. The molecule has 2 amide bonds. The van der Waals surface area contributed by atoms with E-state index in [4.69, 9.17) is 9.47 Å². The van der Waals surface area contributed by atoms with Crippen LogP contribution in [0.25, 0.3) is 0 Å². The summed E-state index contributed by atoms with van der Waals surface area (Å²) in [5.41, 5.74) is 0.439. The van der Waals surface area contributed by atoms with E-state index in [1.54, 1.807) is 23.1 Å². The predicted molar refractivity (Wildman–Crippen MR) is 82.3 cm³/mol. The Balaban J connectivity index is 1.95. The molecule has 0 radical (unpaired) electrons. The lowest BCUT2D eigenvalue weighted by molar-refractivity contribution is -0.129. The van der Waals surface area contributed by atoms with Gasteiger partial charge in [0.15, 0.2) is 11.5 Å². The van der Waals surface area contributed by atoms with Gasteiger partial charge in [0.2, 0.25) is 5.91 Å². The average molecular weight is 306 g/mol. The fraction of sp³-hybridized carbons (Fsp3) is 0.500. The molecule has 6 heteroatoms. The molecule has 0 saturated carbocycles. The summed E-state index contributed by atoms with van der Waals surface area (Å²) >= 11 is 0. The Morgan fingerprint density at radius 2 is 1.95 bits per heavy atom. The number of nitrogens with one attached hydrogen (secondary N) is 1. The molecule has 1 aromatic carbocycles. The van der Waals surface area contributed by atoms with Crippen LogP contribution in [0, 0.1) is 0 Å². The van der Waals surface area contributed by atoms with Crippen LogP contribution in [-0.4, -0.2) is 50.1 Å². The van der Waals surface area contributed by atoms with Gasteiger partial charge in [-0.3, -0.25) is 9.59 Å². The van der Waals surface area contributed by atoms with Crippen LogP contribution in [-0.2, 0) is 4.79 Å². The molecule has 0 unspecified atom stereocenters. The molecular weight excluding hydrogens is 284 g/mol. The molecule has 0 spiro atoms. The summed E-state index contributed by atoms with van der Waals surface area (Å²) in [5.74, 6) is 0.757. The van der Waals surface area contributed by atoms with Crippen LogP contribution < -0.4 is 14.8 Å². The summed E-state index contributed by atoms with van der Waals surface area (Å²) in [5, 5.41) is 2.65. The smallest absolute Gasteiger partial charge is 0.251 e. The summed E-state index contributed by atoms with van der Waals surface area (Å²) < 4.78 is 10.6. The number of likely N-dealkylation sites (tertiary alicyclic amines) is 1. The van der Waals surface area contributed by atoms with Crippen molar-refractivity contribution in [2.75, 3.05) is 33.4 Å². The summed E-state index contributed by atoms with van der Waals surface area (Å²) in [4.78, 5) is 25.8. The zero-order chi connectivity index (χ0) is 15.9. The van der Waals surface area contributed by atoms with E-state index in [0.29, 0.717) is 23.7 Å². The van der Waals surface area contributed by atoms with Crippen molar-refractivity contribution >= 4 is 11.8 Å². The van der Waals surface area contributed by atoms with E-state index in [0.717, 1.165) is 25.9 Å². The lowest BCUT2D eigenvalue weighted by atomic mass is 10.2. The van der Waals surface area contributed by atoms with Crippen LogP contribution in [0.5, 0.6) is 11.5 Å². The van der Waals surface area contributed by atoms with Gasteiger partial charge in [0.25, 0.3) is 5.91 Å². The minimum Gasteiger partial charge on any atom is -0.493 e. The van der Waals surface area contributed by atoms with E-state index < -0.39 is 0 Å². The molecule has 1 saturated heterocycles. The first-order valence-corrected chi connectivity index (χ1v) is 7.52. The van der Waals surface area contributed by atoms with Crippen molar-refractivity contribution in [2.45, 2.75) is 19.8 Å². The Kier molecular flexibility index (Phi) is 5.63. The average Bonchev–Trinajstić information content (AvgIpc) is 3.07. The Bertz CT molecular complexity index is 539. The van der Waals surface area contributed by atoms with Crippen molar-refractivity contribution in [3.8, 4) is 11.5 Å². The number of carbonyl (C=O) groups is 2. The molecule has 1 aromatic rings. The fourth-order valence-corrected chi connectivity index (χ4v) is 2.42. The summed E-state index contributed by atoms with van der Waals surface area (Å²) in [7, 11) is 1.52. The molecule has 1 aliphatic rings. The number of hydrogen-bond donors (Lipinski definition) is 1. The van der Waals surface area contributed by atoms with E-state index >= 15 is 0 Å². The monoisotopic (exact) mass is 306 g/mol. The van der Waals surface area contributed by atoms with Crippen LogP contribution in [0.1, 0.15) is 30.1 Å². The number of rotatable bonds is 6. The van der Waals surface area contributed by atoms with Gasteiger partial charge in [0.1, 0.15) is 0 Å². The van der Waals surface area contributed by atoms with Crippen molar-refractivity contribution in [1.82, 2.24) is 10.2 Å². The molecule has 0 atom stereocenters. The highest BCUT2D eigenvalue weighted by Gasteiger charge is 2.19. The summed E-state index contributed by atoms with van der Waals surface area (Å²) in [6.07, 6.45) is 2.07. The number of amides is 2. The first-order valence-electron chi connectivity index (χ1n) is 7.52. The molecule has 22 heavy (non-hydrogen) atoms. The molecule has 0 aromatic heterocycles. The van der Waals surface area contributed by atoms with Crippen LogP contribution >= 0.6 is 0 Å². The third-order valence-corrected chi connectivity index (χ3v) is 3.58. The van der Waals surface area contributed by atoms with Crippen LogP contribution in [0.4, 0.5) is 0 Å². The van der Waals surface area contributed by atoms with E-state index in [1.807, 2.05) is 6.92 Å². The number of nitrogens with zero attached hydrogens (tertiary/aromatic N) is 1. The zero-order valence-electron chi connectivity index (χ0n) is 13.1. The molecule has 6 nitrogen and oxygen atoms in total. The van der Waals surface area contributed by atoms with E-state index in [9.17, 15) is 9.59 Å². The molecular formula is C16H22N2O4. The second-order valence-corrected chi connectivity index (χ2v) is 5.07. The quantitative estimate of drug-likeness (QED) is 0.863. The number of ether oxygens (including phenoxy) is 2. The van der Waals surface area contributed by atoms with Crippen molar-refractivity contribution in [3.05, 3.63) is 23.8 Å². The molecule has 2 rings (SSSR count). The van der Waals surface area contributed by atoms with Gasteiger partial charge >= 0.3 is 0 Å². The van der Waals surface area contributed by atoms with Gasteiger partial charge in [0.05, 0.1) is 20.3 Å². The number of methoxy groups -OCH3 is 1. The van der Waals surface area contributed by atoms with Gasteiger partial charge in [-0.25, -0.2) is 0 Å². The fourth-order valence-electron chi connectivity index (χ4n) is 2.42. The second kappa shape index (κ2) is 7.68. The largest absolute Gasteiger partial charge is 0.493 e. The topological polar surface area (TPSA) is 67.9 Å². The van der Waals surface area contributed by atoms with Gasteiger partial charge < -0.3 is 19.7 Å². The molecule has 0 aliphatic carbocycles. The van der Waals surface area contributed by atoms with Crippen LogP contribution in [0.3, 0.4) is 0 Å². The number of benzene rings is 1. The minimum absolute atomic E-state index is 0.0222. The molecule has 1 aliphatic heterocycles. The summed E-state index contributed by atoms with van der Waals surface area (Å²) in [6.45, 7) is 3.99. The van der Waals surface area contributed by atoms with Gasteiger partial charge in [-0.1, -0.05) is 0 Å². The van der Waals surface area contributed by atoms with Crippen molar-refractivity contribution in [1.29, 1.82) is 0 Å². The number of carbonyl (C=O) groups excluding carboxylic acids is 2. The van der Waals surface area contributed by atoms with Crippen LogP contribution in [0.15, 0.2) is 18.2 Å². The van der Waals surface area contributed by atoms with E-state index in [1.165, 1.54) is 7.11 Å². The van der Waals surface area contributed by atoms with Crippen molar-refractivity contribution in [2.24, 2.45) is 0 Å². The Hall–Kier alpha value is -2.24. The Labute approximate surface area is 130 Å². The highest BCUT2D eigenvalue weighted by Crippen LogP contribution is 2.27. The van der Waals surface area contributed by atoms with E-state index in [-0.39, 0.29) is 18.4 Å². The normalized spacial score (nSPS) is 13.8. The third-order valence-electron chi connectivity index (χ3n) is 3.58. The highest BCUT2D eigenvalue weighted by molar-refractivity contribution is 5.97. The predicted octanol–water partition coefficient (Wildman–Crippen LogP) is 1.45. The molecule has 1 N–H and O–H groups in total. The van der Waals surface area contributed by atoms with Crippen molar-refractivity contribution in [3.63, 3.8) is 0 Å². The van der Waals surface area contributed by atoms with Gasteiger partial charge in [-0.05, 0) is 38.0 Å². The van der Waals surface area contributed by atoms with E-state index in [2.05, 4.69) is 5.32 Å². The lowest BCUT2D eigenvalue weighted by Crippen LogP contribution is -2.38. The molecule has 1 heterocycles. The molecule has 120 valence electrons. The maximum atomic E-state index is 12.1. The Morgan fingerprint density at radius 3 is 2.59 bits per heavy atom. The maximum absolute atomic E-state index is 12.1. The highest BCUT2D eigenvalue weighted by atomic mass is 16.5. The van der Waals surface area contributed by atoms with Crippen molar-refractivity contribution < 1.29 is 19.1 Å². The van der Waals surface area contributed by atoms with Crippen LogP contribution in [0.2, 0.25) is 0 Å². The zero-order valence-corrected chi connectivity index (χ0v) is 13.1. The maximum Gasteiger partial charge on any atom is 0.251 e. The SMILES string of the molecule is CCOc1ccc(C(=O)NCC(=O)N2CCCC2)cc1OC.